The molecule has 0 aliphatic rings. The van der Waals surface area contributed by atoms with Gasteiger partial charge in [0.15, 0.2) is 0 Å². The number of ether oxygens (including phenoxy) is 1. The van der Waals surface area contributed by atoms with Crippen LogP contribution in [0.15, 0.2) is 0 Å². The minimum absolute atomic E-state index is 0.144. The molecule has 0 aliphatic heterocycles. The van der Waals surface area contributed by atoms with Crippen molar-refractivity contribution in [1.82, 2.24) is 5.32 Å². The average Bonchev–Trinajstić information content (AvgIpc) is 1.99. The first-order valence-corrected chi connectivity index (χ1v) is 4.53. The van der Waals surface area contributed by atoms with Gasteiger partial charge in [0, 0.05) is 0 Å². The first-order chi connectivity index (χ1) is 5.63. The molecule has 0 fully saturated rings. The third kappa shape index (κ3) is 3.72. The number of carbonyl (C=O) groups excluding carboxylic acids is 1. The molecule has 1 atom stereocenters. The zero-order valence-electron chi connectivity index (χ0n) is 8.39. The molecule has 0 aromatic carbocycles. The van der Waals surface area contributed by atoms with Gasteiger partial charge in [-0.1, -0.05) is 20.8 Å². The molecular formula is C9H19NO2. The van der Waals surface area contributed by atoms with Gasteiger partial charge in [-0.05, 0) is 19.4 Å². The largest absolute Gasteiger partial charge is 0.465 e. The summed E-state index contributed by atoms with van der Waals surface area (Å²) in [6.07, 6.45) is 0. The van der Waals surface area contributed by atoms with Crippen LogP contribution < -0.4 is 5.32 Å². The van der Waals surface area contributed by atoms with Crippen molar-refractivity contribution in [3.8, 4) is 0 Å². The maximum atomic E-state index is 11.3. The zero-order valence-corrected chi connectivity index (χ0v) is 8.39. The van der Waals surface area contributed by atoms with E-state index in [1.165, 1.54) is 0 Å². The SMILES string of the molecule is CCNC(C(=O)OCC)C(C)C. The summed E-state index contributed by atoms with van der Waals surface area (Å²) in [5.41, 5.74) is 0. The lowest BCUT2D eigenvalue weighted by Crippen LogP contribution is -2.41. The summed E-state index contributed by atoms with van der Waals surface area (Å²) in [6, 6.07) is -0.157. The highest BCUT2D eigenvalue weighted by Crippen LogP contribution is 2.03. The van der Waals surface area contributed by atoms with Gasteiger partial charge in [-0.3, -0.25) is 4.79 Å². The summed E-state index contributed by atoms with van der Waals surface area (Å²) in [6.45, 7) is 9.06. The normalized spacial score (nSPS) is 13.1. The van der Waals surface area contributed by atoms with Crippen LogP contribution in [0.3, 0.4) is 0 Å². The Balaban J connectivity index is 4.00. The zero-order chi connectivity index (χ0) is 9.56. The lowest BCUT2D eigenvalue weighted by atomic mass is 10.1. The molecule has 0 amide bonds. The van der Waals surface area contributed by atoms with Crippen molar-refractivity contribution in [2.75, 3.05) is 13.2 Å². The monoisotopic (exact) mass is 173 g/mol. The topological polar surface area (TPSA) is 38.3 Å². The molecule has 0 saturated heterocycles. The second-order valence-electron chi connectivity index (χ2n) is 3.03. The maximum absolute atomic E-state index is 11.3. The van der Waals surface area contributed by atoms with E-state index in [1.807, 2.05) is 27.7 Å². The number of nitrogens with one attached hydrogen (secondary N) is 1. The van der Waals surface area contributed by atoms with Gasteiger partial charge in [-0.2, -0.15) is 0 Å². The summed E-state index contributed by atoms with van der Waals surface area (Å²) in [5, 5.41) is 3.09. The Bertz CT molecular complexity index is 134. The molecule has 1 unspecified atom stereocenters. The summed E-state index contributed by atoms with van der Waals surface area (Å²) in [5.74, 6) is 0.137. The van der Waals surface area contributed by atoms with E-state index in [2.05, 4.69) is 5.32 Å². The number of likely N-dealkylation sites (N-methyl/N-ethyl adjacent to an activating group) is 1. The molecule has 0 aromatic rings. The standard InChI is InChI=1S/C9H19NO2/c1-5-10-8(7(3)4)9(11)12-6-2/h7-8,10H,5-6H2,1-4H3. The van der Waals surface area contributed by atoms with Gasteiger partial charge in [0.1, 0.15) is 6.04 Å². The number of rotatable bonds is 5. The first kappa shape index (κ1) is 11.4. The molecule has 0 spiro atoms. The molecule has 72 valence electrons. The predicted octanol–water partition coefficient (Wildman–Crippen LogP) is 1.18. The molecule has 0 radical (unpaired) electrons. The highest BCUT2D eigenvalue weighted by atomic mass is 16.5. The van der Waals surface area contributed by atoms with Crippen LogP contribution in [0.25, 0.3) is 0 Å². The van der Waals surface area contributed by atoms with Crippen molar-refractivity contribution in [2.24, 2.45) is 5.92 Å². The second kappa shape index (κ2) is 6.00. The molecule has 12 heavy (non-hydrogen) atoms. The fourth-order valence-electron chi connectivity index (χ4n) is 1.04. The first-order valence-electron chi connectivity index (χ1n) is 4.53. The van der Waals surface area contributed by atoms with Crippen LogP contribution in [-0.4, -0.2) is 25.2 Å². The Morgan fingerprint density at radius 3 is 2.33 bits per heavy atom. The maximum Gasteiger partial charge on any atom is 0.323 e. The van der Waals surface area contributed by atoms with Crippen molar-refractivity contribution < 1.29 is 9.53 Å². The molecule has 0 saturated carbocycles. The van der Waals surface area contributed by atoms with Crippen LogP contribution in [0, 0.1) is 5.92 Å². The van der Waals surface area contributed by atoms with E-state index >= 15 is 0 Å². The van der Waals surface area contributed by atoms with Crippen LogP contribution in [0.5, 0.6) is 0 Å². The lowest BCUT2D eigenvalue weighted by Gasteiger charge is -2.19. The lowest BCUT2D eigenvalue weighted by molar-refractivity contribution is -0.146. The van der Waals surface area contributed by atoms with Crippen LogP contribution in [0.2, 0.25) is 0 Å². The fourth-order valence-corrected chi connectivity index (χ4v) is 1.04. The minimum atomic E-state index is -0.157. The van der Waals surface area contributed by atoms with Crippen LogP contribution >= 0.6 is 0 Å². The number of esters is 1. The molecule has 0 bridgehead atoms. The Morgan fingerprint density at radius 1 is 1.42 bits per heavy atom. The third-order valence-corrected chi connectivity index (χ3v) is 1.63. The summed E-state index contributed by atoms with van der Waals surface area (Å²) in [7, 11) is 0. The van der Waals surface area contributed by atoms with Crippen molar-refractivity contribution in [2.45, 2.75) is 33.7 Å². The van der Waals surface area contributed by atoms with Crippen molar-refractivity contribution in [3.05, 3.63) is 0 Å². The minimum Gasteiger partial charge on any atom is -0.465 e. The average molecular weight is 173 g/mol. The van der Waals surface area contributed by atoms with E-state index in [0.717, 1.165) is 6.54 Å². The van der Waals surface area contributed by atoms with Gasteiger partial charge in [-0.25, -0.2) is 0 Å². The molecule has 0 aliphatic carbocycles. The smallest absolute Gasteiger partial charge is 0.323 e. The Labute approximate surface area is 74.5 Å². The summed E-state index contributed by atoms with van der Waals surface area (Å²) in [4.78, 5) is 11.3. The highest BCUT2D eigenvalue weighted by molar-refractivity contribution is 5.76. The van der Waals surface area contributed by atoms with Crippen LogP contribution in [0.4, 0.5) is 0 Å². The predicted molar refractivity (Wildman–Crippen MR) is 48.9 cm³/mol. The number of carbonyl (C=O) groups is 1. The summed E-state index contributed by atoms with van der Waals surface area (Å²) < 4.78 is 4.92. The third-order valence-electron chi connectivity index (χ3n) is 1.63. The molecular weight excluding hydrogens is 154 g/mol. The quantitative estimate of drug-likeness (QED) is 0.634. The van der Waals surface area contributed by atoms with Gasteiger partial charge >= 0.3 is 5.97 Å². The highest BCUT2D eigenvalue weighted by Gasteiger charge is 2.21. The number of hydrogen-bond donors (Lipinski definition) is 1. The van der Waals surface area contributed by atoms with Gasteiger partial charge in [0.25, 0.3) is 0 Å². The second-order valence-corrected chi connectivity index (χ2v) is 3.03. The number of hydrogen-bond acceptors (Lipinski definition) is 3. The molecule has 0 rings (SSSR count). The van der Waals surface area contributed by atoms with E-state index in [1.54, 1.807) is 0 Å². The van der Waals surface area contributed by atoms with Gasteiger partial charge in [-0.15, -0.1) is 0 Å². The van der Waals surface area contributed by atoms with Crippen molar-refractivity contribution >= 4 is 5.97 Å². The van der Waals surface area contributed by atoms with Gasteiger partial charge in [0.05, 0.1) is 6.61 Å². The molecule has 0 aromatic heterocycles. The van der Waals surface area contributed by atoms with Crippen LogP contribution in [-0.2, 0) is 9.53 Å². The van der Waals surface area contributed by atoms with E-state index in [-0.39, 0.29) is 17.9 Å². The van der Waals surface area contributed by atoms with E-state index < -0.39 is 0 Å². The van der Waals surface area contributed by atoms with Crippen molar-refractivity contribution in [1.29, 1.82) is 0 Å². The molecule has 3 heteroatoms. The Hall–Kier alpha value is -0.570. The molecule has 0 heterocycles. The van der Waals surface area contributed by atoms with E-state index in [4.69, 9.17) is 4.74 Å². The van der Waals surface area contributed by atoms with Crippen molar-refractivity contribution in [3.63, 3.8) is 0 Å². The van der Waals surface area contributed by atoms with E-state index in [0.29, 0.717) is 6.61 Å². The van der Waals surface area contributed by atoms with Gasteiger partial charge in [0.2, 0.25) is 0 Å². The molecule has 1 N–H and O–H groups in total. The van der Waals surface area contributed by atoms with Gasteiger partial charge < -0.3 is 10.1 Å². The van der Waals surface area contributed by atoms with E-state index in [9.17, 15) is 4.79 Å². The molecule has 3 nitrogen and oxygen atoms in total. The summed E-state index contributed by atoms with van der Waals surface area (Å²) >= 11 is 0. The van der Waals surface area contributed by atoms with Crippen LogP contribution in [0.1, 0.15) is 27.7 Å². The fraction of sp³-hybridized carbons (Fsp3) is 0.889. The Morgan fingerprint density at radius 2 is 2.00 bits per heavy atom. The Kier molecular flexibility index (Phi) is 5.72.